The highest BCUT2D eigenvalue weighted by Gasteiger charge is 2.34. The number of carbonyl (C=O) groups excluding carboxylic acids is 4. The zero-order valence-corrected chi connectivity index (χ0v) is 34.3. The van der Waals surface area contributed by atoms with Crippen molar-refractivity contribution in [3.63, 3.8) is 0 Å². The van der Waals surface area contributed by atoms with Crippen molar-refractivity contribution in [1.82, 2.24) is 0 Å². The maximum Gasteiger partial charge on any atom is 0.167 e. The van der Waals surface area contributed by atoms with E-state index in [1.165, 1.54) is 77.0 Å². The maximum absolute atomic E-state index is 14.3. The Bertz CT molecular complexity index is 1070. The minimum absolute atomic E-state index is 0.00471. The zero-order valence-electron chi connectivity index (χ0n) is 34.3. The number of Topliss-reactive ketones (excluding diaryl/α,β-unsaturated/α-hetero) is 4. The number of unbranched alkanes of at least 4 members (excludes halogenated alkanes) is 24. The third-order valence-electron chi connectivity index (χ3n) is 10.7. The molecule has 0 amide bonds. The van der Waals surface area contributed by atoms with E-state index in [1.54, 1.807) is 0 Å². The molecule has 1 rings (SSSR count). The Morgan fingerprint density at radius 3 is 0.846 bits per heavy atom. The summed E-state index contributed by atoms with van der Waals surface area (Å²) in [6.45, 7) is 8.75. The molecule has 0 fully saturated rings. The molecule has 0 bridgehead atoms. The summed E-state index contributed by atoms with van der Waals surface area (Å²) in [7, 11) is 0. The van der Waals surface area contributed by atoms with E-state index in [2.05, 4.69) is 27.7 Å². The molecule has 0 saturated heterocycles. The smallest absolute Gasteiger partial charge is 0.167 e. The van der Waals surface area contributed by atoms with Crippen LogP contribution in [0, 0.1) is 0 Å². The van der Waals surface area contributed by atoms with Gasteiger partial charge in [0.1, 0.15) is 0 Å². The van der Waals surface area contributed by atoms with E-state index in [1.807, 2.05) is 0 Å². The number of rotatable bonds is 36. The first-order chi connectivity index (χ1) is 25.3. The van der Waals surface area contributed by atoms with Crippen LogP contribution in [0.1, 0.15) is 275 Å². The van der Waals surface area contributed by atoms with E-state index in [-0.39, 0.29) is 76.8 Å². The van der Waals surface area contributed by atoms with Gasteiger partial charge in [-0.1, -0.05) is 182 Å². The average Bonchev–Trinajstić information content (AvgIpc) is 3.13. The van der Waals surface area contributed by atoms with Crippen molar-refractivity contribution in [3.8, 4) is 5.75 Å². The Balaban J connectivity index is 3.48. The molecular weight excluding hydrogens is 647 g/mol. The van der Waals surface area contributed by atoms with Crippen LogP contribution in [0.15, 0.2) is 0 Å². The first kappa shape index (κ1) is 47.5. The van der Waals surface area contributed by atoms with Crippen LogP contribution >= 0.6 is 0 Å². The fourth-order valence-electron chi connectivity index (χ4n) is 7.35. The molecule has 3 N–H and O–H groups in total. The summed E-state index contributed by atoms with van der Waals surface area (Å²) in [5, 5.41) is 11.6. The van der Waals surface area contributed by atoms with Crippen molar-refractivity contribution in [2.24, 2.45) is 0 Å². The van der Waals surface area contributed by atoms with Crippen LogP contribution < -0.4 is 5.73 Å². The number of hydrogen-bond acceptors (Lipinski definition) is 6. The predicted molar refractivity (Wildman–Crippen MR) is 220 cm³/mol. The SMILES string of the molecule is CCCCCCCCCC(=O)c1c(N)c(O)c(C(=O)CCCCCCCCC)c(C(=O)CCCCCCCCC)c1C(=O)CCCCCCCCC. The number of nitrogens with two attached hydrogens (primary N) is 1. The van der Waals surface area contributed by atoms with Gasteiger partial charge in [0, 0.05) is 36.8 Å². The molecular formula is C46H79NO5. The quantitative estimate of drug-likeness (QED) is 0.0308. The van der Waals surface area contributed by atoms with Gasteiger partial charge in [0.05, 0.1) is 16.8 Å². The molecule has 0 aromatic heterocycles. The number of carbonyl (C=O) groups is 4. The third kappa shape index (κ3) is 19.0. The summed E-state index contributed by atoms with van der Waals surface area (Å²) in [6, 6.07) is 0. The first-order valence-corrected chi connectivity index (χ1v) is 22.1. The van der Waals surface area contributed by atoms with Gasteiger partial charge >= 0.3 is 0 Å². The normalized spacial score (nSPS) is 11.3. The molecule has 0 radical (unpaired) electrons. The summed E-state index contributed by atoms with van der Waals surface area (Å²) in [5.41, 5.74) is 6.13. The Labute approximate surface area is 319 Å². The first-order valence-electron chi connectivity index (χ1n) is 22.1. The number of phenolic OH excluding ortho intramolecular Hbond substituents is 1. The molecule has 0 heterocycles. The number of ketones is 4. The van der Waals surface area contributed by atoms with Crippen LogP contribution in [0.4, 0.5) is 5.69 Å². The average molecular weight is 726 g/mol. The molecule has 6 heteroatoms. The molecule has 0 aliphatic carbocycles. The minimum atomic E-state index is -0.494. The molecule has 1 aromatic rings. The summed E-state index contributed by atoms with van der Waals surface area (Å²) in [5.74, 6) is -1.82. The van der Waals surface area contributed by atoms with Crippen LogP contribution in [0.5, 0.6) is 5.75 Å². The minimum Gasteiger partial charge on any atom is -0.505 e. The topological polar surface area (TPSA) is 115 Å². The molecule has 298 valence electrons. The predicted octanol–water partition coefficient (Wildman–Crippen LogP) is 14.3. The van der Waals surface area contributed by atoms with E-state index >= 15 is 0 Å². The van der Waals surface area contributed by atoms with Crippen LogP contribution in [-0.2, 0) is 0 Å². The van der Waals surface area contributed by atoms with E-state index in [9.17, 15) is 24.3 Å². The fourth-order valence-corrected chi connectivity index (χ4v) is 7.35. The van der Waals surface area contributed by atoms with Crippen LogP contribution in [0.2, 0.25) is 0 Å². The highest BCUT2D eigenvalue weighted by Crippen LogP contribution is 2.40. The lowest BCUT2D eigenvalue weighted by molar-refractivity contribution is 0.0921. The summed E-state index contributed by atoms with van der Waals surface area (Å²) < 4.78 is 0. The van der Waals surface area contributed by atoms with Gasteiger partial charge in [-0.2, -0.15) is 0 Å². The lowest BCUT2D eigenvalue weighted by Gasteiger charge is -2.21. The van der Waals surface area contributed by atoms with Gasteiger partial charge in [-0.05, 0) is 25.7 Å². The maximum atomic E-state index is 14.3. The van der Waals surface area contributed by atoms with Gasteiger partial charge < -0.3 is 10.8 Å². The Hall–Kier alpha value is -2.50. The monoisotopic (exact) mass is 726 g/mol. The fraction of sp³-hybridized carbons (Fsp3) is 0.783. The van der Waals surface area contributed by atoms with Crippen molar-refractivity contribution in [2.45, 2.75) is 233 Å². The standard InChI is InChI=1S/C46H79NO5/c1-5-9-13-17-21-25-29-33-37(48)41-42(38(49)34-30-26-22-18-14-10-6-2)44(40(51)36-32-28-24-20-16-12-8-4)46(52)45(47)43(41)39(50)35-31-27-23-19-15-11-7-3/h52H,5-36,47H2,1-4H3. The van der Waals surface area contributed by atoms with Crippen molar-refractivity contribution in [1.29, 1.82) is 0 Å². The van der Waals surface area contributed by atoms with Crippen LogP contribution in [-0.4, -0.2) is 28.2 Å². The molecule has 1 aromatic carbocycles. The number of anilines is 1. The summed E-state index contributed by atoms with van der Waals surface area (Å²) in [6.07, 6.45) is 29.6. The molecule has 0 atom stereocenters. The molecule has 6 nitrogen and oxygen atoms in total. The number of phenols is 1. The molecule has 52 heavy (non-hydrogen) atoms. The van der Waals surface area contributed by atoms with E-state index < -0.39 is 5.75 Å². The van der Waals surface area contributed by atoms with Gasteiger partial charge in [-0.25, -0.2) is 0 Å². The van der Waals surface area contributed by atoms with E-state index in [0.717, 1.165) is 77.0 Å². The second kappa shape index (κ2) is 30.9. The van der Waals surface area contributed by atoms with Gasteiger partial charge in [0.15, 0.2) is 28.9 Å². The molecule has 0 unspecified atom stereocenters. The molecule has 0 aliphatic rings. The lowest BCUT2D eigenvalue weighted by Crippen LogP contribution is -2.22. The van der Waals surface area contributed by atoms with Gasteiger partial charge in [0.25, 0.3) is 0 Å². The summed E-state index contributed by atoms with van der Waals surface area (Å²) in [4.78, 5) is 56.4. The molecule has 0 aliphatic heterocycles. The van der Waals surface area contributed by atoms with Gasteiger partial charge in [-0.15, -0.1) is 0 Å². The van der Waals surface area contributed by atoms with Crippen molar-refractivity contribution < 1.29 is 24.3 Å². The number of aromatic hydroxyl groups is 1. The van der Waals surface area contributed by atoms with E-state index in [0.29, 0.717) is 25.7 Å². The third-order valence-corrected chi connectivity index (χ3v) is 10.7. The van der Waals surface area contributed by atoms with Crippen molar-refractivity contribution in [2.75, 3.05) is 5.73 Å². The van der Waals surface area contributed by atoms with E-state index in [4.69, 9.17) is 5.73 Å². The Morgan fingerprint density at radius 1 is 0.346 bits per heavy atom. The van der Waals surface area contributed by atoms with Crippen molar-refractivity contribution >= 4 is 28.8 Å². The van der Waals surface area contributed by atoms with Gasteiger partial charge in [-0.3, -0.25) is 19.2 Å². The number of hydrogen-bond donors (Lipinski definition) is 2. The van der Waals surface area contributed by atoms with Gasteiger partial charge in [0.2, 0.25) is 0 Å². The van der Waals surface area contributed by atoms with Crippen molar-refractivity contribution in [3.05, 3.63) is 22.3 Å². The second-order valence-electron chi connectivity index (χ2n) is 15.4. The van der Waals surface area contributed by atoms with Crippen LogP contribution in [0.25, 0.3) is 0 Å². The molecule has 0 saturated carbocycles. The molecule has 0 spiro atoms. The highest BCUT2D eigenvalue weighted by molar-refractivity contribution is 6.23. The van der Waals surface area contributed by atoms with Crippen LogP contribution in [0.3, 0.4) is 0 Å². The highest BCUT2D eigenvalue weighted by atomic mass is 16.3. The second-order valence-corrected chi connectivity index (χ2v) is 15.4. The lowest BCUT2D eigenvalue weighted by atomic mass is 9.82. The largest absolute Gasteiger partial charge is 0.505 e. The summed E-state index contributed by atoms with van der Waals surface area (Å²) >= 11 is 0. The Morgan fingerprint density at radius 2 is 0.558 bits per heavy atom. The Kier molecular flexibility index (Phi) is 28.2. The number of nitrogen functional groups attached to an aromatic ring is 1. The number of benzene rings is 1. The zero-order chi connectivity index (χ0) is 38.4.